The average Bonchev–Trinajstić information content (AvgIpc) is 2.74. The van der Waals surface area contributed by atoms with E-state index in [9.17, 15) is 18.0 Å². The molecule has 0 aromatic heterocycles. The first-order chi connectivity index (χ1) is 8.71. The van der Waals surface area contributed by atoms with Gasteiger partial charge in [0.25, 0.3) is 0 Å². The summed E-state index contributed by atoms with van der Waals surface area (Å²) in [5.41, 5.74) is 7.64. The number of hydrogen-bond donors (Lipinski definition) is 3. The van der Waals surface area contributed by atoms with Gasteiger partial charge in [-0.3, -0.25) is 4.79 Å². The zero-order valence-electron chi connectivity index (χ0n) is 9.02. The van der Waals surface area contributed by atoms with E-state index in [1.165, 1.54) is 6.07 Å². The van der Waals surface area contributed by atoms with Gasteiger partial charge in [0, 0.05) is 11.2 Å². The number of aliphatic carboxylic acids is 1. The van der Waals surface area contributed by atoms with Gasteiger partial charge in [-0.1, -0.05) is 0 Å². The second-order valence-electron chi connectivity index (χ2n) is 3.12. The van der Waals surface area contributed by atoms with E-state index in [1.54, 1.807) is 12.1 Å². The lowest BCUT2D eigenvalue weighted by molar-refractivity contribution is -0.192. The highest BCUT2D eigenvalue weighted by Crippen LogP contribution is 2.30. The van der Waals surface area contributed by atoms with E-state index < -0.39 is 18.1 Å². The molecule has 104 valence electrons. The lowest BCUT2D eigenvalue weighted by atomic mass is 10.2. The molecule has 1 aromatic rings. The molecule has 0 bridgehead atoms. The van der Waals surface area contributed by atoms with Gasteiger partial charge in [0.1, 0.15) is 0 Å². The number of alkyl halides is 3. The maximum Gasteiger partial charge on any atom is 0.490 e. The molecule has 19 heavy (non-hydrogen) atoms. The molecule has 7 nitrogen and oxygen atoms in total. The number of carbonyl (C=O) groups excluding carboxylic acids is 1. The lowest BCUT2D eigenvalue weighted by Crippen LogP contribution is -2.21. The summed E-state index contributed by atoms with van der Waals surface area (Å²) >= 11 is 0. The molecule has 10 heteroatoms. The van der Waals surface area contributed by atoms with Crippen LogP contribution < -0.4 is 21.1 Å². The van der Waals surface area contributed by atoms with Gasteiger partial charge in [0.05, 0.1) is 0 Å². The van der Waals surface area contributed by atoms with Crippen LogP contribution in [0.4, 0.5) is 13.2 Å². The Balaban J connectivity index is 0.000000224. The fourth-order valence-electron chi connectivity index (χ4n) is 0.936. The third-order valence-electron chi connectivity index (χ3n) is 1.77. The Morgan fingerprint density at radius 2 is 1.74 bits per heavy atom. The van der Waals surface area contributed by atoms with Crippen molar-refractivity contribution in [1.82, 2.24) is 5.64 Å². The third-order valence-corrected chi connectivity index (χ3v) is 1.77. The lowest BCUT2D eigenvalue weighted by Gasteiger charge is -1.95. The van der Waals surface area contributed by atoms with Gasteiger partial charge in [-0.2, -0.15) is 13.2 Å². The number of amides is 1. The molecule has 1 aromatic carbocycles. The van der Waals surface area contributed by atoms with Crippen molar-refractivity contribution in [3.63, 3.8) is 0 Å². The molecule has 1 amide bonds. The highest BCUT2D eigenvalue weighted by molar-refractivity contribution is 5.93. The van der Waals surface area contributed by atoms with Crippen molar-refractivity contribution < 1.29 is 37.5 Å². The number of primary amides is 1. The zero-order chi connectivity index (χ0) is 14.6. The van der Waals surface area contributed by atoms with Gasteiger partial charge in [-0.25, -0.2) is 4.79 Å². The molecular weight excluding hydrogens is 273 g/mol. The Kier molecular flexibility index (Phi) is 4.17. The maximum absolute atomic E-state index is 10.7. The number of halogens is 3. The quantitative estimate of drug-likeness (QED) is 0.695. The van der Waals surface area contributed by atoms with Crippen LogP contribution in [0.5, 0.6) is 11.5 Å². The van der Waals surface area contributed by atoms with E-state index in [2.05, 4.69) is 5.64 Å². The minimum Gasteiger partial charge on any atom is -0.475 e. The van der Waals surface area contributed by atoms with Crippen LogP contribution in [0.2, 0.25) is 0 Å². The predicted octanol–water partition coefficient (Wildman–Crippen LogP) is 0.610. The molecule has 1 heterocycles. The molecule has 0 aliphatic carbocycles. The number of carboxylic acids is 1. The van der Waals surface area contributed by atoms with Crippen molar-refractivity contribution in [1.29, 1.82) is 0 Å². The fraction of sp³-hybridized carbons (Fsp3) is 0.111. The molecule has 0 saturated carbocycles. The molecule has 0 fully saturated rings. The number of carbonyl (C=O) groups is 2. The monoisotopic (exact) mass is 280 g/mol. The van der Waals surface area contributed by atoms with Gasteiger partial charge in [0.15, 0.2) is 11.5 Å². The van der Waals surface area contributed by atoms with E-state index >= 15 is 0 Å². The molecule has 1 aliphatic heterocycles. The average molecular weight is 280 g/mol. The van der Waals surface area contributed by atoms with E-state index in [0.29, 0.717) is 17.1 Å². The Hall–Kier alpha value is -2.49. The molecule has 0 unspecified atom stereocenters. The van der Waals surface area contributed by atoms with Gasteiger partial charge < -0.3 is 20.5 Å². The first-order valence-corrected chi connectivity index (χ1v) is 4.54. The fourth-order valence-corrected chi connectivity index (χ4v) is 0.936. The highest BCUT2D eigenvalue weighted by atomic mass is 19.4. The largest absolute Gasteiger partial charge is 0.490 e. The molecule has 2 rings (SSSR count). The second-order valence-corrected chi connectivity index (χ2v) is 3.12. The van der Waals surface area contributed by atoms with Gasteiger partial charge >= 0.3 is 12.1 Å². The van der Waals surface area contributed by atoms with Crippen molar-refractivity contribution in [2.24, 2.45) is 5.73 Å². The Labute approximate surface area is 103 Å². The van der Waals surface area contributed by atoms with E-state index in [0.717, 1.165) is 0 Å². The van der Waals surface area contributed by atoms with Crippen LogP contribution in [-0.2, 0) is 4.79 Å². The van der Waals surface area contributed by atoms with Crippen LogP contribution in [0.1, 0.15) is 10.4 Å². The second kappa shape index (κ2) is 5.44. The molecule has 0 radical (unpaired) electrons. The summed E-state index contributed by atoms with van der Waals surface area (Å²) < 4.78 is 31.7. The third kappa shape index (κ3) is 4.03. The Bertz CT molecular complexity index is 503. The maximum atomic E-state index is 10.7. The highest BCUT2D eigenvalue weighted by Gasteiger charge is 2.38. The summed E-state index contributed by atoms with van der Waals surface area (Å²) in [6.07, 6.45) is -5.08. The van der Waals surface area contributed by atoms with Gasteiger partial charge in [0.2, 0.25) is 5.91 Å². The van der Waals surface area contributed by atoms with E-state index in [-0.39, 0.29) is 0 Å². The molecule has 0 saturated heterocycles. The summed E-state index contributed by atoms with van der Waals surface area (Å²) in [6.45, 7) is 0. The minimum absolute atomic E-state index is 0.390. The summed E-state index contributed by atoms with van der Waals surface area (Å²) in [7, 11) is 0. The Morgan fingerprint density at radius 3 is 2.21 bits per heavy atom. The number of carboxylic acid groups (broad SMARTS) is 1. The molecule has 4 N–H and O–H groups in total. The molecule has 1 aliphatic rings. The summed E-state index contributed by atoms with van der Waals surface area (Å²) in [5, 5.41) is 7.12. The first-order valence-electron chi connectivity index (χ1n) is 4.54. The van der Waals surface area contributed by atoms with Crippen LogP contribution >= 0.6 is 0 Å². The van der Waals surface area contributed by atoms with Crippen molar-refractivity contribution in [2.45, 2.75) is 6.18 Å². The summed E-state index contributed by atoms with van der Waals surface area (Å²) in [5.74, 6) is -2.24. The SMILES string of the molecule is NC(=O)c1ccc2c(c1)ONO2.O=C(O)C(F)(F)F. The minimum atomic E-state index is -5.08. The van der Waals surface area contributed by atoms with Crippen molar-refractivity contribution in [3.8, 4) is 11.5 Å². The van der Waals surface area contributed by atoms with Crippen molar-refractivity contribution in [2.75, 3.05) is 0 Å². The summed E-state index contributed by atoms with van der Waals surface area (Å²) in [4.78, 5) is 29.2. The van der Waals surface area contributed by atoms with Gasteiger partial charge in [-0.05, 0) is 18.2 Å². The number of hydrogen-bond acceptors (Lipinski definition) is 5. The number of fused-ring (bicyclic) bond motifs is 1. The Morgan fingerprint density at radius 1 is 1.21 bits per heavy atom. The topological polar surface area (TPSA) is 111 Å². The predicted molar refractivity (Wildman–Crippen MR) is 53.0 cm³/mol. The normalized spacial score (nSPS) is 12.4. The van der Waals surface area contributed by atoms with Crippen LogP contribution in [0.15, 0.2) is 18.2 Å². The number of nitrogens with two attached hydrogens (primary N) is 1. The number of rotatable bonds is 1. The number of nitrogens with one attached hydrogen (secondary N) is 1. The van der Waals surface area contributed by atoms with E-state index in [1.807, 2.05) is 0 Å². The van der Waals surface area contributed by atoms with Gasteiger partial charge in [-0.15, -0.1) is 0 Å². The van der Waals surface area contributed by atoms with Crippen molar-refractivity contribution in [3.05, 3.63) is 23.8 Å². The molecule has 0 spiro atoms. The first kappa shape index (κ1) is 14.6. The van der Waals surface area contributed by atoms with E-state index in [4.69, 9.17) is 25.3 Å². The standard InChI is InChI=1S/C7H6N2O3.C2HF3O2/c8-7(10)4-1-2-5-6(3-4)12-9-11-5;3-2(4,5)1(6)7/h1-3,9H,(H2,8,10);(H,6,7). The smallest absolute Gasteiger partial charge is 0.475 e. The molecule has 0 atom stereocenters. The van der Waals surface area contributed by atoms with Crippen LogP contribution in [0.3, 0.4) is 0 Å². The summed E-state index contributed by atoms with van der Waals surface area (Å²) in [6, 6.07) is 4.69. The van der Waals surface area contributed by atoms with Crippen LogP contribution in [0.25, 0.3) is 0 Å². The van der Waals surface area contributed by atoms with Crippen LogP contribution in [-0.4, -0.2) is 23.2 Å². The van der Waals surface area contributed by atoms with Crippen molar-refractivity contribution >= 4 is 11.9 Å². The zero-order valence-corrected chi connectivity index (χ0v) is 9.02. The molecular formula is C9H7F3N2O5. The van der Waals surface area contributed by atoms with Crippen LogP contribution in [0, 0.1) is 0 Å². The number of benzene rings is 1.